The zero-order valence-electron chi connectivity index (χ0n) is 18.0. The average Bonchev–Trinajstić information content (AvgIpc) is 2.83. The van der Waals surface area contributed by atoms with E-state index in [1.165, 1.54) is 6.20 Å². The van der Waals surface area contributed by atoms with Crippen molar-refractivity contribution in [2.75, 3.05) is 26.6 Å². The fourth-order valence-corrected chi connectivity index (χ4v) is 3.76. The standard InChI is InChI=1S/C24H23N3O5/c1-30-17-7-4-14(5-8-17)23(29)27-24-25-13-18-19(26-24)10-16(11-20(18)28)15-6-9-21(31-2)22(12-15)32-3/h4-9,12-13,16H,10-11H2,1-3H3,(H,25,26,27,29)/t16-/m1/s1. The predicted molar refractivity (Wildman–Crippen MR) is 118 cm³/mol. The van der Waals surface area contributed by atoms with Gasteiger partial charge in [0.25, 0.3) is 5.91 Å². The summed E-state index contributed by atoms with van der Waals surface area (Å²) in [6.07, 6.45) is 2.38. The predicted octanol–water partition coefficient (Wildman–Crippen LogP) is 3.67. The first-order valence-electron chi connectivity index (χ1n) is 10.1. The van der Waals surface area contributed by atoms with Crippen molar-refractivity contribution in [3.63, 3.8) is 0 Å². The largest absolute Gasteiger partial charge is 0.497 e. The van der Waals surface area contributed by atoms with Crippen LogP contribution in [0.25, 0.3) is 0 Å². The number of nitrogens with zero attached hydrogens (tertiary/aromatic N) is 2. The van der Waals surface area contributed by atoms with Crippen LogP contribution < -0.4 is 19.5 Å². The molecule has 3 aromatic rings. The number of ketones is 1. The number of carbonyl (C=O) groups is 2. The van der Waals surface area contributed by atoms with E-state index >= 15 is 0 Å². The number of aromatic nitrogens is 2. The van der Waals surface area contributed by atoms with Crippen molar-refractivity contribution in [1.82, 2.24) is 9.97 Å². The van der Waals surface area contributed by atoms with Gasteiger partial charge in [0.2, 0.25) is 5.95 Å². The number of hydrogen-bond donors (Lipinski definition) is 1. The molecule has 8 heteroatoms. The first-order valence-corrected chi connectivity index (χ1v) is 10.1. The molecule has 1 amide bonds. The minimum absolute atomic E-state index is 0.0286. The molecule has 0 unspecified atom stereocenters. The van der Waals surface area contributed by atoms with E-state index in [1.807, 2.05) is 18.2 Å². The molecular formula is C24H23N3O5. The molecule has 2 aromatic carbocycles. The topological polar surface area (TPSA) is 99.6 Å². The molecule has 1 atom stereocenters. The molecule has 1 aliphatic rings. The molecule has 4 rings (SSSR count). The molecule has 0 aliphatic heterocycles. The van der Waals surface area contributed by atoms with Crippen molar-refractivity contribution < 1.29 is 23.8 Å². The minimum Gasteiger partial charge on any atom is -0.497 e. The van der Waals surface area contributed by atoms with Crippen molar-refractivity contribution >= 4 is 17.6 Å². The van der Waals surface area contributed by atoms with Crippen LogP contribution in [0.4, 0.5) is 5.95 Å². The van der Waals surface area contributed by atoms with Gasteiger partial charge in [-0.2, -0.15) is 0 Å². The maximum absolute atomic E-state index is 12.7. The molecule has 164 valence electrons. The summed E-state index contributed by atoms with van der Waals surface area (Å²) in [6, 6.07) is 12.4. The van der Waals surface area contributed by atoms with Crippen LogP contribution in [0.3, 0.4) is 0 Å². The highest BCUT2D eigenvalue weighted by Crippen LogP contribution is 2.36. The Hall–Kier alpha value is -3.94. The number of fused-ring (bicyclic) bond motifs is 1. The Kier molecular flexibility index (Phi) is 6.02. The first-order chi connectivity index (χ1) is 15.5. The fourth-order valence-electron chi connectivity index (χ4n) is 3.76. The van der Waals surface area contributed by atoms with Gasteiger partial charge in [-0.3, -0.25) is 14.9 Å². The molecule has 8 nitrogen and oxygen atoms in total. The maximum atomic E-state index is 12.7. The van der Waals surface area contributed by atoms with Crippen molar-refractivity contribution in [3.05, 3.63) is 71.0 Å². The molecule has 0 spiro atoms. The Bertz CT molecular complexity index is 1160. The van der Waals surface area contributed by atoms with Crippen LogP contribution in [0.15, 0.2) is 48.7 Å². The molecule has 1 N–H and O–H groups in total. The minimum atomic E-state index is -0.342. The zero-order valence-corrected chi connectivity index (χ0v) is 18.0. The van der Waals surface area contributed by atoms with Gasteiger partial charge in [0.1, 0.15) is 5.75 Å². The summed E-state index contributed by atoms with van der Waals surface area (Å²) < 4.78 is 15.8. The lowest BCUT2D eigenvalue weighted by atomic mass is 9.82. The number of rotatable bonds is 6. The molecule has 0 saturated heterocycles. The Morgan fingerprint density at radius 3 is 2.41 bits per heavy atom. The van der Waals surface area contributed by atoms with E-state index in [0.29, 0.717) is 46.9 Å². The van der Waals surface area contributed by atoms with Crippen LogP contribution in [0.5, 0.6) is 17.2 Å². The van der Waals surface area contributed by atoms with Crippen molar-refractivity contribution in [3.8, 4) is 17.2 Å². The third kappa shape index (κ3) is 4.25. The molecule has 1 heterocycles. The van der Waals surface area contributed by atoms with Gasteiger partial charge in [0, 0.05) is 18.2 Å². The van der Waals surface area contributed by atoms with Crippen molar-refractivity contribution in [2.24, 2.45) is 0 Å². The number of methoxy groups -OCH3 is 3. The number of benzene rings is 2. The van der Waals surface area contributed by atoms with Gasteiger partial charge < -0.3 is 14.2 Å². The number of nitrogens with one attached hydrogen (secondary N) is 1. The quantitative estimate of drug-likeness (QED) is 0.633. The fraction of sp³-hybridized carbons (Fsp3) is 0.250. The summed E-state index contributed by atoms with van der Waals surface area (Å²) in [7, 11) is 4.72. The number of amides is 1. The second kappa shape index (κ2) is 9.05. The SMILES string of the molecule is COc1ccc(C(=O)Nc2ncc3c(n2)C[C@@H](c2ccc(OC)c(OC)c2)CC3=O)cc1. The van der Waals surface area contributed by atoms with E-state index in [-0.39, 0.29) is 23.6 Å². The van der Waals surface area contributed by atoms with Gasteiger partial charge in [-0.1, -0.05) is 6.07 Å². The summed E-state index contributed by atoms with van der Waals surface area (Å²) in [4.78, 5) is 33.9. The Labute approximate surface area is 185 Å². The molecule has 1 aromatic heterocycles. The smallest absolute Gasteiger partial charge is 0.258 e. The Morgan fingerprint density at radius 1 is 0.969 bits per heavy atom. The van der Waals surface area contributed by atoms with Crippen molar-refractivity contribution in [1.29, 1.82) is 0 Å². The van der Waals surface area contributed by atoms with Gasteiger partial charge in [-0.05, 0) is 54.3 Å². The van der Waals surface area contributed by atoms with Gasteiger partial charge in [-0.15, -0.1) is 0 Å². The van der Waals surface area contributed by atoms with E-state index in [4.69, 9.17) is 14.2 Å². The number of hydrogen-bond acceptors (Lipinski definition) is 7. The van der Waals surface area contributed by atoms with E-state index in [2.05, 4.69) is 15.3 Å². The number of anilines is 1. The second-order valence-electron chi connectivity index (χ2n) is 7.38. The third-order valence-corrected chi connectivity index (χ3v) is 5.50. The normalized spacial score (nSPS) is 15.0. The highest BCUT2D eigenvalue weighted by Gasteiger charge is 2.29. The van der Waals surface area contributed by atoms with Crippen LogP contribution >= 0.6 is 0 Å². The van der Waals surface area contributed by atoms with Crippen LogP contribution in [0, 0.1) is 0 Å². The Morgan fingerprint density at radius 2 is 1.72 bits per heavy atom. The molecule has 0 bridgehead atoms. The highest BCUT2D eigenvalue weighted by atomic mass is 16.5. The van der Waals surface area contributed by atoms with E-state index in [9.17, 15) is 9.59 Å². The molecular weight excluding hydrogens is 410 g/mol. The Balaban J connectivity index is 1.55. The van der Waals surface area contributed by atoms with Gasteiger partial charge in [0.15, 0.2) is 17.3 Å². The average molecular weight is 433 g/mol. The lowest BCUT2D eigenvalue weighted by molar-refractivity contribution is 0.0962. The molecule has 0 saturated carbocycles. The second-order valence-corrected chi connectivity index (χ2v) is 7.38. The van der Waals surface area contributed by atoms with Crippen LogP contribution in [-0.4, -0.2) is 43.0 Å². The summed E-state index contributed by atoms with van der Waals surface area (Å²) >= 11 is 0. The van der Waals surface area contributed by atoms with Crippen LogP contribution in [0.1, 0.15) is 44.3 Å². The van der Waals surface area contributed by atoms with Crippen LogP contribution in [0.2, 0.25) is 0 Å². The summed E-state index contributed by atoms with van der Waals surface area (Å²) in [5.41, 5.74) is 2.51. The maximum Gasteiger partial charge on any atom is 0.258 e. The van der Waals surface area contributed by atoms with Gasteiger partial charge in [0.05, 0.1) is 32.6 Å². The number of Topliss-reactive ketones (excluding diaryl/α,β-unsaturated/α-hetero) is 1. The highest BCUT2D eigenvalue weighted by molar-refractivity contribution is 6.03. The lowest BCUT2D eigenvalue weighted by Crippen LogP contribution is -2.22. The third-order valence-electron chi connectivity index (χ3n) is 5.50. The van der Waals surface area contributed by atoms with Crippen LogP contribution in [-0.2, 0) is 6.42 Å². The molecule has 0 fully saturated rings. The van der Waals surface area contributed by atoms with Gasteiger partial charge >= 0.3 is 0 Å². The zero-order chi connectivity index (χ0) is 22.7. The monoisotopic (exact) mass is 433 g/mol. The first kappa shape index (κ1) is 21.3. The summed E-state index contributed by atoms with van der Waals surface area (Å²) in [6.45, 7) is 0. The van der Waals surface area contributed by atoms with E-state index in [0.717, 1.165) is 5.56 Å². The van der Waals surface area contributed by atoms with Crippen molar-refractivity contribution in [2.45, 2.75) is 18.8 Å². The summed E-state index contributed by atoms with van der Waals surface area (Å²) in [5.74, 6) is 1.62. The molecule has 32 heavy (non-hydrogen) atoms. The summed E-state index contributed by atoms with van der Waals surface area (Å²) in [5, 5.41) is 2.70. The molecule has 1 aliphatic carbocycles. The number of ether oxygens (including phenoxy) is 3. The van der Waals surface area contributed by atoms with E-state index < -0.39 is 0 Å². The molecule has 0 radical (unpaired) electrons. The van der Waals surface area contributed by atoms with E-state index in [1.54, 1.807) is 45.6 Å². The van der Waals surface area contributed by atoms with Gasteiger partial charge in [-0.25, -0.2) is 9.97 Å². The lowest BCUT2D eigenvalue weighted by Gasteiger charge is -2.24. The number of carbonyl (C=O) groups excluding carboxylic acids is 2.